The van der Waals surface area contributed by atoms with Crippen molar-refractivity contribution in [1.82, 2.24) is 0 Å². The summed E-state index contributed by atoms with van der Waals surface area (Å²) >= 11 is 0. The Hall–Kier alpha value is -0.790. The van der Waals surface area contributed by atoms with Gasteiger partial charge in [0.2, 0.25) is 6.20 Å². The van der Waals surface area contributed by atoms with Gasteiger partial charge in [0.05, 0.1) is 5.56 Å². The number of hydrogen-bond donors (Lipinski definition) is 0. The first-order valence-corrected chi connectivity index (χ1v) is 4.41. The molecule has 2 nitrogen and oxygen atoms in total. The maximum absolute atomic E-state index is 5.57. The van der Waals surface area contributed by atoms with Crippen molar-refractivity contribution < 1.29 is 9.26 Å². The Labute approximate surface area is 66.8 Å². The summed E-state index contributed by atoms with van der Waals surface area (Å²) in [7, 11) is 0. The lowest BCUT2D eigenvalue weighted by Gasteiger charge is -2.02. The van der Waals surface area contributed by atoms with Crippen LogP contribution in [0, 0.1) is 0 Å². The van der Waals surface area contributed by atoms with Crippen molar-refractivity contribution in [2.24, 2.45) is 0 Å². The largest absolute Gasteiger partial charge is 0.241 e. The molecule has 0 N–H and O–H groups in total. The molecule has 1 aliphatic rings. The minimum Gasteiger partial charge on any atom is -0.241 e. The first-order chi connectivity index (χ1) is 5.40. The third kappa shape index (κ3) is 1.17. The molecule has 0 fully saturated rings. The summed E-state index contributed by atoms with van der Waals surface area (Å²) in [6.45, 7) is 3.06. The van der Waals surface area contributed by atoms with Crippen LogP contribution in [0.4, 0.5) is 0 Å². The van der Waals surface area contributed by atoms with Crippen LogP contribution in [0.3, 0.4) is 0 Å². The normalized spacial score (nSPS) is 16.5. The van der Waals surface area contributed by atoms with Gasteiger partial charge in [-0.05, 0) is 30.9 Å². The van der Waals surface area contributed by atoms with Crippen LogP contribution in [0.2, 0.25) is 0 Å². The molecule has 1 aliphatic carbocycles. The molecule has 1 aromatic heterocycles. The van der Waals surface area contributed by atoms with E-state index in [1.165, 1.54) is 30.6 Å². The van der Waals surface area contributed by atoms with E-state index in [2.05, 4.69) is 13.1 Å². The number of hydrogen-bond acceptors (Lipinski definition) is 1. The zero-order valence-corrected chi connectivity index (χ0v) is 6.97. The zero-order valence-electron chi connectivity index (χ0n) is 6.97. The highest BCUT2D eigenvalue weighted by Crippen LogP contribution is 2.18. The highest BCUT2D eigenvalue weighted by molar-refractivity contribution is 5.13. The number of rotatable bonds is 1. The SMILES string of the molecule is CC[n+]1cc2c(o1)CCCC2. The molecule has 2 rings (SSSR count). The predicted octanol–water partition coefficient (Wildman–Crippen LogP) is 1.47. The Morgan fingerprint density at radius 1 is 1.45 bits per heavy atom. The van der Waals surface area contributed by atoms with Crippen LogP contribution < -0.4 is 4.74 Å². The lowest BCUT2D eigenvalue weighted by atomic mass is 9.99. The Balaban J connectivity index is 2.32. The molecule has 0 spiro atoms. The number of aryl methyl sites for hydroxylation is 3. The fraction of sp³-hybridized carbons (Fsp3) is 0.667. The standard InChI is InChI=1S/C9H14NO/c1-2-10-7-8-5-3-4-6-9(8)11-10/h7H,2-6H2,1H3/q+1. The summed E-state index contributed by atoms with van der Waals surface area (Å²) in [5, 5.41) is 0. The lowest BCUT2D eigenvalue weighted by molar-refractivity contribution is -0.862. The fourth-order valence-corrected chi connectivity index (χ4v) is 1.64. The molecule has 60 valence electrons. The van der Waals surface area contributed by atoms with Crippen LogP contribution in [0.5, 0.6) is 0 Å². The molecule has 0 saturated heterocycles. The Morgan fingerprint density at radius 3 is 3.00 bits per heavy atom. The summed E-state index contributed by atoms with van der Waals surface area (Å²) in [4.78, 5) is 0. The summed E-state index contributed by atoms with van der Waals surface area (Å²) in [6.07, 6.45) is 7.13. The second kappa shape index (κ2) is 2.68. The molecule has 0 aliphatic heterocycles. The van der Waals surface area contributed by atoms with Gasteiger partial charge < -0.3 is 0 Å². The van der Waals surface area contributed by atoms with Gasteiger partial charge in [-0.15, -0.1) is 0 Å². The van der Waals surface area contributed by atoms with Crippen LogP contribution >= 0.6 is 0 Å². The van der Waals surface area contributed by atoms with Gasteiger partial charge in [-0.3, -0.25) is 0 Å². The van der Waals surface area contributed by atoms with Gasteiger partial charge >= 0.3 is 0 Å². The maximum atomic E-state index is 5.57. The first-order valence-electron chi connectivity index (χ1n) is 4.41. The third-order valence-corrected chi connectivity index (χ3v) is 2.30. The molecule has 0 atom stereocenters. The molecule has 0 saturated carbocycles. The molecular weight excluding hydrogens is 138 g/mol. The van der Waals surface area contributed by atoms with Crippen molar-refractivity contribution in [3.63, 3.8) is 0 Å². The number of nitrogens with zero attached hydrogens (tertiary/aromatic N) is 1. The Morgan fingerprint density at radius 2 is 2.27 bits per heavy atom. The van der Waals surface area contributed by atoms with Gasteiger partial charge in [0, 0.05) is 6.42 Å². The molecule has 11 heavy (non-hydrogen) atoms. The van der Waals surface area contributed by atoms with E-state index in [4.69, 9.17) is 4.52 Å². The van der Waals surface area contributed by atoms with Gasteiger partial charge in [0.25, 0.3) is 0 Å². The molecular formula is C9H14NO+. The van der Waals surface area contributed by atoms with E-state index in [1.54, 1.807) is 0 Å². The third-order valence-electron chi connectivity index (χ3n) is 2.30. The molecule has 0 aromatic carbocycles. The van der Waals surface area contributed by atoms with Crippen molar-refractivity contribution in [3.05, 3.63) is 17.5 Å². The van der Waals surface area contributed by atoms with E-state index in [0.29, 0.717) is 0 Å². The van der Waals surface area contributed by atoms with Crippen molar-refractivity contribution in [2.75, 3.05) is 0 Å². The highest BCUT2D eigenvalue weighted by atomic mass is 16.5. The van der Waals surface area contributed by atoms with Gasteiger partial charge in [0.15, 0.2) is 12.3 Å². The minimum atomic E-state index is 0.951. The van der Waals surface area contributed by atoms with Gasteiger partial charge in [-0.25, -0.2) is 4.52 Å². The highest BCUT2D eigenvalue weighted by Gasteiger charge is 2.19. The van der Waals surface area contributed by atoms with Gasteiger partial charge in [-0.2, -0.15) is 0 Å². The van der Waals surface area contributed by atoms with Crippen LogP contribution in [0.25, 0.3) is 0 Å². The summed E-state index contributed by atoms with van der Waals surface area (Å²) < 4.78 is 7.50. The van der Waals surface area contributed by atoms with E-state index < -0.39 is 0 Å². The van der Waals surface area contributed by atoms with E-state index in [0.717, 1.165) is 13.0 Å². The smallest absolute Gasteiger partial charge is 0.223 e. The van der Waals surface area contributed by atoms with Crippen LogP contribution in [0.1, 0.15) is 31.1 Å². The molecule has 0 amide bonds. The van der Waals surface area contributed by atoms with Crippen LogP contribution in [-0.2, 0) is 19.4 Å². The molecule has 1 aromatic rings. The second-order valence-corrected chi connectivity index (χ2v) is 3.11. The van der Waals surface area contributed by atoms with Crippen molar-refractivity contribution in [1.29, 1.82) is 0 Å². The summed E-state index contributed by atoms with van der Waals surface area (Å²) in [6, 6.07) is 0. The number of aromatic nitrogens is 1. The summed E-state index contributed by atoms with van der Waals surface area (Å²) in [5.74, 6) is 1.22. The topological polar surface area (TPSA) is 17.0 Å². The average molecular weight is 152 g/mol. The quantitative estimate of drug-likeness (QED) is 0.557. The molecule has 2 heteroatoms. The first kappa shape index (κ1) is 6.89. The molecule has 0 unspecified atom stereocenters. The van der Waals surface area contributed by atoms with Crippen molar-refractivity contribution in [2.45, 2.75) is 39.2 Å². The lowest BCUT2D eigenvalue weighted by Crippen LogP contribution is -2.28. The minimum absolute atomic E-state index is 0.951. The molecule has 0 radical (unpaired) electrons. The number of fused-ring (bicyclic) bond motifs is 1. The molecule has 1 heterocycles. The van der Waals surface area contributed by atoms with Gasteiger partial charge in [0.1, 0.15) is 0 Å². The van der Waals surface area contributed by atoms with Crippen molar-refractivity contribution in [3.8, 4) is 0 Å². The maximum Gasteiger partial charge on any atom is 0.223 e. The van der Waals surface area contributed by atoms with E-state index in [-0.39, 0.29) is 0 Å². The van der Waals surface area contributed by atoms with Crippen LogP contribution in [-0.4, -0.2) is 0 Å². The average Bonchev–Trinajstić information content (AvgIpc) is 2.46. The van der Waals surface area contributed by atoms with Crippen LogP contribution in [0.15, 0.2) is 10.7 Å². The molecule has 0 bridgehead atoms. The predicted molar refractivity (Wildman–Crippen MR) is 41.2 cm³/mol. The van der Waals surface area contributed by atoms with E-state index in [9.17, 15) is 0 Å². The van der Waals surface area contributed by atoms with E-state index in [1.807, 2.05) is 4.74 Å². The van der Waals surface area contributed by atoms with E-state index >= 15 is 0 Å². The monoisotopic (exact) mass is 152 g/mol. The Kier molecular flexibility index (Phi) is 1.68. The zero-order chi connectivity index (χ0) is 7.68. The van der Waals surface area contributed by atoms with Gasteiger partial charge in [-0.1, -0.05) is 0 Å². The fourth-order valence-electron chi connectivity index (χ4n) is 1.64. The summed E-state index contributed by atoms with van der Waals surface area (Å²) in [5.41, 5.74) is 1.43. The Bertz CT molecular complexity index is 229. The van der Waals surface area contributed by atoms with Crippen molar-refractivity contribution >= 4 is 0 Å². The second-order valence-electron chi connectivity index (χ2n) is 3.11.